The van der Waals surface area contributed by atoms with Crippen LogP contribution in [0.1, 0.15) is 37.0 Å². The largest absolute Gasteiger partial charge is 0.494 e. The summed E-state index contributed by atoms with van der Waals surface area (Å²) in [6.45, 7) is 5.13. The highest BCUT2D eigenvalue weighted by Crippen LogP contribution is 2.16. The third kappa shape index (κ3) is 6.59. The van der Waals surface area contributed by atoms with Crippen LogP contribution in [-0.2, 0) is 4.79 Å². The maximum absolute atomic E-state index is 12.3. The van der Waals surface area contributed by atoms with E-state index in [4.69, 9.17) is 4.74 Å². The standard InChI is InChI=1S/C21H26N2O3/c1-16(2)15-22-21(25)18-11-6-7-12-19(18)23-20(24)13-8-14-26-17-9-4-3-5-10-17/h3-7,9-12,16H,8,13-15H2,1-2H3,(H,22,25)(H,23,24). The summed E-state index contributed by atoms with van der Waals surface area (Å²) in [7, 11) is 0. The Morgan fingerprint density at radius 1 is 1.00 bits per heavy atom. The van der Waals surface area contributed by atoms with Crippen molar-refractivity contribution < 1.29 is 14.3 Å². The Bertz CT molecular complexity index is 714. The van der Waals surface area contributed by atoms with Crippen LogP contribution in [0.5, 0.6) is 5.75 Å². The first-order valence-electron chi connectivity index (χ1n) is 8.91. The fourth-order valence-electron chi connectivity index (χ4n) is 2.33. The van der Waals surface area contributed by atoms with Gasteiger partial charge in [-0.3, -0.25) is 9.59 Å². The second kappa shape index (κ2) is 10.2. The van der Waals surface area contributed by atoms with E-state index in [0.717, 1.165) is 5.75 Å². The van der Waals surface area contributed by atoms with Gasteiger partial charge >= 0.3 is 0 Å². The minimum Gasteiger partial charge on any atom is -0.494 e. The molecule has 0 saturated carbocycles. The quantitative estimate of drug-likeness (QED) is 0.672. The molecule has 2 amide bonds. The molecule has 26 heavy (non-hydrogen) atoms. The Labute approximate surface area is 154 Å². The lowest BCUT2D eigenvalue weighted by atomic mass is 10.1. The molecule has 0 bridgehead atoms. The molecule has 5 nitrogen and oxygen atoms in total. The average Bonchev–Trinajstić information content (AvgIpc) is 2.64. The molecule has 2 aromatic carbocycles. The fraction of sp³-hybridized carbons (Fsp3) is 0.333. The van der Waals surface area contributed by atoms with Gasteiger partial charge < -0.3 is 15.4 Å². The van der Waals surface area contributed by atoms with Gasteiger partial charge in [0.2, 0.25) is 5.91 Å². The molecule has 0 fully saturated rings. The number of nitrogens with one attached hydrogen (secondary N) is 2. The molecule has 2 aromatic rings. The van der Waals surface area contributed by atoms with Crippen molar-refractivity contribution in [3.63, 3.8) is 0 Å². The smallest absolute Gasteiger partial charge is 0.253 e. The molecule has 0 atom stereocenters. The van der Waals surface area contributed by atoms with Gasteiger partial charge in [0.05, 0.1) is 17.9 Å². The van der Waals surface area contributed by atoms with Crippen LogP contribution in [0, 0.1) is 5.92 Å². The number of carbonyl (C=O) groups is 2. The molecule has 138 valence electrons. The number of para-hydroxylation sites is 2. The SMILES string of the molecule is CC(C)CNC(=O)c1ccccc1NC(=O)CCCOc1ccccc1. The Morgan fingerprint density at radius 2 is 1.69 bits per heavy atom. The lowest BCUT2D eigenvalue weighted by Gasteiger charge is -2.12. The zero-order chi connectivity index (χ0) is 18.8. The summed E-state index contributed by atoms with van der Waals surface area (Å²) in [6, 6.07) is 16.5. The third-order valence-corrected chi connectivity index (χ3v) is 3.68. The van der Waals surface area contributed by atoms with E-state index in [1.807, 2.05) is 44.2 Å². The fourth-order valence-corrected chi connectivity index (χ4v) is 2.33. The summed E-state index contributed by atoms with van der Waals surface area (Å²) in [5.41, 5.74) is 1.00. The molecule has 0 aliphatic carbocycles. The Hall–Kier alpha value is -2.82. The van der Waals surface area contributed by atoms with Gasteiger partial charge in [-0.15, -0.1) is 0 Å². The van der Waals surface area contributed by atoms with Gasteiger partial charge in [0.15, 0.2) is 0 Å². The second-order valence-corrected chi connectivity index (χ2v) is 6.46. The van der Waals surface area contributed by atoms with E-state index in [0.29, 0.717) is 43.2 Å². The van der Waals surface area contributed by atoms with Gasteiger partial charge in [-0.05, 0) is 36.6 Å². The Morgan fingerprint density at radius 3 is 2.42 bits per heavy atom. The summed E-state index contributed by atoms with van der Waals surface area (Å²) in [4.78, 5) is 24.5. The highest BCUT2D eigenvalue weighted by molar-refractivity contribution is 6.03. The number of benzene rings is 2. The molecular formula is C21H26N2O3. The van der Waals surface area contributed by atoms with Gasteiger partial charge in [-0.2, -0.15) is 0 Å². The number of rotatable bonds is 9. The summed E-state index contributed by atoms with van der Waals surface area (Å²) in [6.07, 6.45) is 0.928. The molecule has 0 spiro atoms. The molecule has 0 aliphatic heterocycles. The van der Waals surface area contributed by atoms with Crippen molar-refractivity contribution in [2.24, 2.45) is 5.92 Å². The van der Waals surface area contributed by atoms with Crippen molar-refractivity contribution in [3.8, 4) is 5.75 Å². The van der Waals surface area contributed by atoms with Crippen molar-refractivity contribution >= 4 is 17.5 Å². The van der Waals surface area contributed by atoms with Crippen LogP contribution in [0.3, 0.4) is 0 Å². The van der Waals surface area contributed by atoms with Gasteiger partial charge in [-0.25, -0.2) is 0 Å². The maximum atomic E-state index is 12.3. The minimum absolute atomic E-state index is 0.134. The first kappa shape index (κ1) is 19.5. The van der Waals surface area contributed by atoms with E-state index >= 15 is 0 Å². The topological polar surface area (TPSA) is 67.4 Å². The predicted molar refractivity (Wildman–Crippen MR) is 103 cm³/mol. The van der Waals surface area contributed by atoms with Crippen LogP contribution in [0.2, 0.25) is 0 Å². The summed E-state index contributed by atoms with van der Waals surface area (Å²) in [5.74, 6) is 0.846. The normalized spacial score (nSPS) is 10.4. The van der Waals surface area contributed by atoms with Crippen LogP contribution in [0.4, 0.5) is 5.69 Å². The van der Waals surface area contributed by atoms with Crippen molar-refractivity contribution in [2.45, 2.75) is 26.7 Å². The number of hydrogen-bond acceptors (Lipinski definition) is 3. The van der Waals surface area contributed by atoms with Crippen LogP contribution in [0.25, 0.3) is 0 Å². The van der Waals surface area contributed by atoms with E-state index in [9.17, 15) is 9.59 Å². The van der Waals surface area contributed by atoms with E-state index in [2.05, 4.69) is 10.6 Å². The molecule has 2 N–H and O–H groups in total. The van der Waals surface area contributed by atoms with Crippen LogP contribution in [0.15, 0.2) is 54.6 Å². The molecule has 0 radical (unpaired) electrons. The highest BCUT2D eigenvalue weighted by atomic mass is 16.5. The van der Waals surface area contributed by atoms with Gasteiger partial charge in [-0.1, -0.05) is 44.2 Å². The Balaban J connectivity index is 1.82. The molecule has 0 saturated heterocycles. The molecule has 0 unspecified atom stereocenters. The first-order valence-corrected chi connectivity index (χ1v) is 8.91. The van der Waals surface area contributed by atoms with E-state index < -0.39 is 0 Å². The summed E-state index contributed by atoms with van der Waals surface area (Å²) < 4.78 is 5.58. The molecule has 0 aromatic heterocycles. The maximum Gasteiger partial charge on any atom is 0.253 e. The lowest BCUT2D eigenvalue weighted by molar-refractivity contribution is -0.116. The van der Waals surface area contributed by atoms with Gasteiger partial charge in [0.1, 0.15) is 5.75 Å². The first-order chi connectivity index (χ1) is 12.6. The van der Waals surface area contributed by atoms with Crippen LogP contribution >= 0.6 is 0 Å². The third-order valence-electron chi connectivity index (χ3n) is 3.68. The monoisotopic (exact) mass is 354 g/mol. The average molecular weight is 354 g/mol. The molecule has 0 heterocycles. The van der Waals surface area contributed by atoms with Crippen molar-refractivity contribution in [1.82, 2.24) is 5.32 Å². The highest BCUT2D eigenvalue weighted by Gasteiger charge is 2.13. The van der Waals surface area contributed by atoms with E-state index in [1.165, 1.54) is 0 Å². The Kier molecular flexibility index (Phi) is 7.68. The van der Waals surface area contributed by atoms with E-state index in [-0.39, 0.29) is 11.8 Å². The number of anilines is 1. The number of carbonyl (C=O) groups excluding carboxylic acids is 2. The zero-order valence-electron chi connectivity index (χ0n) is 15.3. The minimum atomic E-state index is -0.179. The van der Waals surface area contributed by atoms with E-state index in [1.54, 1.807) is 24.3 Å². The van der Waals surface area contributed by atoms with Gasteiger partial charge in [0, 0.05) is 13.0 Å². The molecular weight excluding hydrogens is 328 g/mol. The van der Waals surface area contributed by atoms with Crippen molar-refractivity contribution in [1.29, 1.82) is 0 Å². The lowest BCUT2D eigenvalue weighted by Crippen LogP contribution is -2.28. The number of amides is 2. The molecule has 5 heteroatoms. The number of ether oxygens (including phenoxy) is 1. The van der Waals surface area contributed by atoms with Crippen molar-refractivity contribution in [2.75, 3.05) is 18.5 Å². The van der Waals surface area contributed by atoms with Crippen LogP contribution in [-0.4, -0.2) is 25.0 Å². The molecule has 0 aliphatic rings. The van der Waals surface area contributed by atoms with Crippen LogP contribution < -0.4 is 15.4 Å². The molecule has 2 rings (SSSR count). The second-order valence-electron chi connectivity index (χ2n) is 6.46. The number of hydrogen-bond donors (Lipinski definition) is 2. The summed E-state index contributed by atoms with van der Waals surface area (Å²) in [5, 5.41) is 5.69. The van der Waals surface area contributed by atoms with Crippen molar-refractivity contribution in [3.05, 3.63) is 60.2 Å². The summed E-state index contributed by atoms with van der Waals surface area (Å²) >= 11 is 0. The zero-order valence-corrected chi connectivity index (χ0v) is 15.3. The van der Waals surface area contributed by atoms with Gasteiger partial charge in [0.25, 0.3) is 5.91 Å². The predicted octanol–water partition coefficient (Wildman–Crippen LogP) is 3.87.